The van der Waals surface area contributed by atoms with Crippen LogP contribution < -0.4 is 19.3 Å². The van der Waals surface area contributed by atoms with Crippen LogP contribution in [0.15, 0.2) is 72.3 Å². The maximum atomic E-state index is 13.4. The van der Waals surface area contributed by atoms with Crippen LogP contribution in [-0.4, -0.2) is 45.1 Å². The minimum atomic E-state index is -0.888. The Balaban J connectivity index is 1.95. The Morgan fingerprint density at radius 1 is 0.943 bits per heavy atom. The molecule has 1 N–H and O–H groups in total. The summed E-state index contributed by atoms with van der Waals surface area (Å²) in [6, 6.07) is 18.2. The molecule has 1 unspecified atom stereocenters. The van der Waals surface area contributed by atoms with E-state index in [2.05, 4.69) is 0 Å². The summed E-state index contributed by atoms with van der Waals surface area (Å²) in [5, 5.41) is 11.6. The number of halogens is 1. The topological polar surface area (TPSA) is 79.3 Å². The Morgan fingerprint density at radius 2 is 1.60 bits per heavy atom. The molecule has 1 saturated heterocycles. The van der Waals surface area contributed by atoms with Crippen LogP contribution in [0.3, 0.4) is 0 Å². The van der Waals surface area contributed by atoms with Gasteiger partial charge in [0.15, 0.2) is 0 Å². The molecule has 35 heavy (non-hydrogen) atoms. The van der Waals surface area contributed by atoms with Gasteiger partial charge in [0, 0.05) is 25.5 Å². The van der Waals surface area contributed by atoms with Crippen molar-refractivity contribution in [1.29, 1.82) is 0 Å². The number of hydrogen-bond acceptors (Lipinski definition) is 6. The van der Waals surface area contributed by atoms with E-state index in [0.29, 0.717) is 33.3 Å². The van der Waals surface area contributed by atoms with E-state index in [4.69, 9.17) is 21.1 Å². The number of Topliss-reactive ketones (excluding diaryl/α,β-unsaturated/α-hetero) is 1. The van der Waals surface area contributed by atoms with Gasteiger partial charge < -0.3 is 19.5 Å². The molecule has 0 spiro atoms. The Bertz CT molecular complexity index is 1320. The van der Waals surface area contributed by atoms with Gasteiger partial charge in [-0.2, -0.15) is 0 Å². The first-order chi connectivity index (χ1) is 16.8. The third-order valence-electron chi connectivity index (χ3n) is 5.95. The van der Waals surface area contributed by atoms with Crippen LogP contribution in [0.4, 0.5) is 11.4 Å². The van der Waals surface area contributed by atoms with Gasteiger partial charge in [0.1, 0.15) is 17.3 Å². The summed E-state index contributed by atoms with van der Waals surface area (Å²) in [6.07, 6.45) is 0. The van der Waals surface area contributed by atoms with Crippen LogP contribution in [0.25, 0.3) is 5.76 Å². The molecule has 1 aliphatic heterocycles. The van der Waals surface area contributed by atoms with Crippen LogP contribution in [0, 0.1) is 0 Å². The summed E-state index contributed by atoms with van der Waals surface area (Å²) in [4.78, 5) is 30.0. The maximum absolute atomic E-state index is 13.4. The number of hydrogen-bond donors (Lipinski definition) is 1. The molecule has 0 saturated carbocycles. The van der Waals surface area contributed by atoms with Crippen LogP contribution in [0.2, 0.25) is 5.02 Å². The maximum Gasteiger partial charge on any atom is 0.300 e. The minimum absolute atomic E-state index is 0.0379. The van der Waals surface area contributed by atoms with E-state index < -0.39 is 17.7 Å². The summed E-state index contributed by atoms with van der Waals surface area (Å²) in [6.45, 7) is 0. The normalized spacial score (nSPS) is 16.9. The second-order valence-corrected chi connectivity index (χ2v) is 8.58. The van der Waals surface area contributed by atoms with Crippen molar-refractivity contribution in [3.05, 3.63) is 88.5 Å². The van der Waals surface area contributed by atoms with Gasteiger partial charge in [0.2, 0.25) is 0 Å². The lowest BCUT2D eigenvalue weighted by atomic mass is 9.94. The molecule has 0 aliphatic carbocycles. The molecule has 4 rings (SSSR count). The standard InChI is InChI=1S/C27H25ClN2O5/c1-29(2)17-11-9-16(10-12-17)24-23(25(31)19-7-5-6-8-21(19)34-3)26(32)27(33)30(24)18-13-14-22(35-4)20(28)15-18/h5-15,24,31H,1-4H3/b25-23+. The number of benzene rings is 3. The molecule has 8 heteroatoms. The number of rotatable bonds is 6. The number of anilines is 2. The van der Waals surface area contributed by atoms with Crippen LogP contribution in [-0.2, 0) is 9.59 Å². The highest BCUT2D eigenvalue weighted by Crippen LogP contribution is 2.44. The van der Waals surface area contributed by atoms with Gasteiger partial charge in [-0.1, -0.05) is 35.9 Å². The quantitative estimate of drug-likeness (QED) is 0.295. The number of nitrogens with zero attached hydrogens (tertiary/aromatic N) is 2. The summed E-state index contributed by atoms with van der Waals surface area (Å²) in [5.41, 5.74) is 2.28. The number of aliphatic hydroxyl groups excluding tert-OH is 1. The lowest BCUT2D eigenvalue weighted by Gasteiger charge is -2.26. The van der Waals surface area contributed by atoms with E-state index in [-0.39, 0.29) is 11.3 Å². The van der Waals surface area contributed by atoms with Crippen molar-refractivity contribution in [2.75, 3.05) is 38.1 Å². The van der Waals surface area contributed by atoms with Crippen molar-refractivity contribution in [2.24, 2.45) is 0 Å². The van der Waals surface area contributed by atoms with E-state index in [0.717, 1.165) is 5.69 Å². The monoisotopic (exact) mass is 492 g/mol. The fraction of sp³-hybridized carbons (Fsp3) is 0.185. The molecule has 1 amide bonds. The molecule has 7 nitrogen and oxygen atoms in total. The molecule has 1 heterocycles. The summed E-state index contributed by atoms with van der Waals surface area (Å²) >= 11 is 6.34. The van der Waals surface area contributed by atoms with E-state index in [9.17, 15) is 14.7 Å². The number of ketones is 1. The molecule has 3 aromatic rings. The van der Waals surface area contributed by atoms with Gasteiger partial charge in [0.05, 0.1) is 36.4 Å². The first-order valence-corrected chi connectivity index (χ1v) is 11.2. The highest BCUT2D eigenvalue weighted by atomic mass is 35.5. The number of aliphatic hydroxyl groups is 1. The molecule has 0 radical (unpaired) electrons. The fourth-order valence-electron chi connectivity index (χ4n) is 4.16. The number of ether oxygens (including phenoxy) is 2. The van der Waals surface area contributed by atoms with Crippen molar-refractivity contribution >= 4 is 40.4 Å². The Hall–Kier alpha value is -3.97. The Morgan fingerprint density at radius 3 is 2.20 bits per heavy atom. The van der Waals surface area contributed by atoms with Crippen molar-refractivity contribution in [1.82, 2.24) is 0 Å². The zero-order valence-corrected chi connectivity index (χ0v) is 20.5. The third kappa shape index (κ3) is 4.31. The summed E-state index contributed by atoms with van der Waals surface area (Å²) in [5.74, 6) is -1.07. The molecule has 180 valence electrons. The van der Waals surface area contributed by atoms with E-state index in [1.54, 1.807) is 42.5 Å². The van der Waals surface area contributed by atoms with Gasteiger partial charge >= 0.3 is 0 Å². The molecule has 0 aromatic heterocycles. The predicted molar refractivity (Wildman–Crippen MR) is 137 cm³/mol. The Kier molecular flexibility index (Phi) is 6.71. The second-order valence-electron chi connectivity index (χ2n) is 8.17. The van der Waals surface area contributed by atoms with Gasteiger partial charge in [-0.05, 0) is 48.0 Å². The number of methoxy groups -OCH3 is 2. The highest BCUT2D eigenvalue weighted by Gasteiger charge is 2.47. The fourth-order valence-corrected chi connectivity index (χ4v) is 4.41. The lowest BCUT2D eigenvalue weighted by molar-refractivity contribution is -0.132. The van der Waals surface area contributed by atoms with Gasteiger partial charge in [-0.15, -0.1) is 0 Å². The Labute approximate surface area is 208 Å². The van der Waals surface area contributed by atoms with Gasteiger partial charge in [-0.25, -0.2) is 0 Å². The van der Waals surface area contributed by atoms with Gasteiger partial charge in [-0.3, -0.25) is 14.5 Å². The van der Waals surface area contributed by atoms with E-state index >= 15 is 0 Å². The SMILES string of the molecule is COc1ccc(N2C(=O)C(=O)/C(=C(/O)c3ccccc3OC)C2c2ccc(N(C)C)cc2)cc1Cl. The molecule has 1 aliphatic rings. The summed E-state index contributed by atoms with van der Waals surface area (Å²) < 4.78 is 10.6. The first kappa shape index (κ1) is 24.2. The highest BCUT2D eigenvalue weighted by molar-refractivity contribution is 6.52. The molecule has 1 atom stereocenters. The second kappa shape index (κ2) is 9.72. The van der Waals surface area contributed by atoms with Crippen LogP contribution >= 0.6 is 11.6 Å². The van der Waals surface area contributed by atoms with E-state index in [1.807, 2.05) is 43.3 Å². The average molecular weight is 493 g/mol. The van der Waals surface area contributed by atoms with Crippen molar-refractivity contribution in [2.45, 2.75) is 6.04 Å². The zero-order chi connectivity index (χ0) is 25.3. The number of para-hydroxylation sites is 1. The van der Waals surface area contributed by atoms with Crippen LogP contribution in [0.1, 0.15) is 17.2 Å². The van der Waals surface area contributed by atoms with Crippen LogP contribution in [0.5, 0.6) is 11.5 Å². The lowest BCUT2D eigenvalue weighted by Crippen LogP contribution is -2.29. The summed E-state index contributed by atoms with van der Waals surface area (Å²) in [7, 11) is 6.80. The van der Waals surface area contributed by atoms with Crippen molar-refractivity contribution in [3.8, 4) is 11.5 Å². The van der Waals surface area contributed by atoms with E-state index in [1.165, 1.54) is 19.1 Å². The molecule has 0 bridgehead atoms. The predicted octanol–water partition coefficient (Wildman–Crippen LogP) is 5.05. The molecular formula is C27H25ClN2O5. The largest absolute Gasteiger partial charge is 0.507 e. The molecular weight excluding hydrogens is 468 g/mol. The number of carbonyl (C=O) groups is 2. The zero-order valence-electron chi connectivity index (χ0n) is 19.8. The average Bonchev–Trinajstić information content (AvgIpc) is 3.13. The number of carbonyl (C=O) groups excluding carboxylic acids is 2. The van der Waals surface area contributed by atoms with Gasteiger partial charge in [0.25, 0.3) is 11.7 Å². The minimum Gasteiger partial charge on any atom is -0.507 e. The third-order valence-corrected chi connectivity index (χ3v) is 6.24. The molecule has 1 fully saturated rings. The molecule has 3 aromatic carbocycles. The first-order valence-electron chi connectivity index (χ1n) is 10.8. The number of amides is 1. The van der Waals surface area contributed by atoms with Crippen molar-refractivity contribution < 1.29 is 24.2 Å². The smallest absolute Gasteiger partial charge is 0.300 e. The van der Waals surface area contributed by atoms with Crippen molar-refractivity contribution in [3.63, 3.8) is 0 Å².